The van der Waals surface area contributed by atoms with Crippen molar-refractivity contribution < 1.29 is 14.0 Å². The average molecular weight is 332 g/mol. The Hall–Kier alpha value is -0.990. The second kappa shape index (κ2) is 5.25. The third-order valence-electron chi connectivity index (χ3n) is 8.43. The van der Waals surface area contributed by atoms with Gasteiger partial charge in [-0.1, -0.05) is 13.8 Å². The molecule has 2 nitrogen and oxygen atoms in total. The average Bonchev–Trinajstić information content (AvgIpc) is 2.87. The van der Waals surface area contributed by atoms with Crippen LogP contribution >= 0.6 is 0 Å². The van der Waals surface area contributed by atoms with Crippen molar-refractivity contribution in [3.8, 4) is 0 Å². The smallest absolute Gasteiger partial charge is 0.155 e. The molecule has 7 atom stereocenters. The Balaban J connectivity index is 1.71. The molecule has 0 N–H and O–H groups in total. The lowest BCUT2D eigenvalue weighted by Crippen LogP contribution is -2.53. The number of halogens is 1. The molecule has 4 rings (SSSR count). The first-order chi connectivity index (χ1) is 11.3. The SMILES string of the molecule is CC(=O)C1CCC2C3CC(F)C4=CC(=O)CCC4(C)C3CCC12C. The van der Waals surface area contributed by atoms with Crippen LogP contribution in [0, 0.1) is 34.5 Å². The summed E-state index contributed by atoms with van der Waals surface area (Å²) in [6.45, 7) is 6.23. The summed E-state index contributed by atoms with van der Waals surface area (Å²) in [5, 5.41) is 0. The minimum atomic E-state index is -0.973. The van der Waals surface area contributed by atoms with Gasteiger partial charge in [-0.2, -0.15) is 0 Å². The fourth-order valence-corrected chi connectivity index (χ4v) is 7.23. The highest BCUT2D eigenvalue weighted by Crippen LogP contribution is 2.66. The lowest BCUT2D eigenvalue weighted by Gasteiger charge is -2.58. The van der Waals surface area contributed by atoms with Crippen molar-refractivity contribution in [2.24, 2.45) is 34.5 Å². The Kier molecular flexibility index (Phi) is 3.61. The number of allylic oxidation sites excluding steroid dienone is 1. The van der Waals surface area contributed by atoms with Crippen LogP contribution in [0.3, 0.4) is 0 Å². The molecule has 0 saturated heterocycles. The van der Waals surface area contributed by atoms with Crippen molar-refractivity contribution in [2.75, 3.05) is 0 Å². The third kappa shape index (κ3) is 2.05. The topological polar surface area (TPSA) is 34.1 Å². The van der Waals surface area contributed by atoms with Gasteiger partial charge in [0.15, 0.2) is 5.78 Å². The fourth-order valence-electron chi connectivity index (χ4n) is 7.23. The van der Waals surface area contributed by atoms with Crippen LogP contribution in [0.5, 0.6) is 0 Å². The van der Waals surface area contributed by atoms with Gasteiger partial charge in [0, 0.05) is 12.3 Å². The van der Waals surface area contributed by atoms with Crippen LogP contribution in [0.4, 0.5) is 4.39 Å². The standard InChI is InChI=1S/C21H29FO2/c1-12(23)15-4-5-16-14-11-19(22)18-10-13(24)6-8-21(18,3)17(14)7-9-20(15,16)2/h10,14-17,19H,4-9,11H2,1-3H3. The van der Waals surface area contributed by atoms with E-state index in [1.807, 2.05) is 0 Å². The minimum Gasteiger partial charge on any atom is -0.300 e. The molecular weight excluding hydrogens is 303 g/mol. The summed E-state index contributed by atoms with van der Waals surface area (Å²) in [6, 6.07) is 0. The van der Waals surface area contributed by atoms with Crippen molar-refractivity contribution in [3.05, 3.63) is 11.6 Å². The number of carbonyl (C=O) groups is 2. The van der Waals surface area contributed by atoms with E-state index in [0.29, 0.717) is 36.4 Å². The largest absolute Gasteiger partial charge is 0.300 e. The van der Waals surface area contributed by atoms with Crippen molar-refractivity contribution in [3.63, 3.8) is 0 Å². The summed E-state index contributed by atoms with van der Waals surface area (Å²) in [5.74, 6) is 1.91. The quantitative estimate of drug-likeness (QED) is 0.699. The fraction of sp³-hybridized carbons (Fsp3) is 0.810. The Morgan fingerprint density at radius 3 is 2.62 bits per heavy atom. The lowest BCUT2D eigenvalue weighted by molar-refractivity contribution is -0.129. The molecule has 0 aromatic heterocycles. The monoisotopic (exact) mass is 332 g/mol. The van der Waals surface area contributed by atoms with Crippen LogP contribution in [-0.4, -0.2) is 17.7 Å². The summed E-state index contributed by atoms with van der Waals surface area (Å²) < 4.78 is 15.1. The molecule has 0 spiro atoms. The van der Waals surface area contributed by atoms with E-state index < -0.39 is 6.17 Å². The first kappa shape index (κ1) is 16.5. The molecule has 0 aliphatic heterocycles. The first-order valence-corrected chi connectivity index (χ1v) is 9.67. The Morgan fingerprint density at radius 1 is 1.17 bits per heavy atom. The molecule has 4 aliphatic rings. The number of fused-ring (bicyclic) bond motifs is 5. The van der Waals surface area contributed by atoms with Crippen molar-refractivity contribution >= 4 is 11.6 Å². The number of Topliss-reactive ketones (excluding diaryl/α,β-unsaturated/α-hetero) is 1. The van der Waals surface area contributed by atoms with Crippen LogP contribution in [0.1, 0.15) is 65.7 Å². The van der Waals surface area contributed by atoms with E-state index in [9.17, 15) is 9.59 Å². The molecule has 7 unspecified atom stereocenters. The van der Waals surface area contributed by atoms with Gasteiger partial charge in [-0.25, -0.2) is 4.39 Å². The lowest BCUT2D eigenvalue weighted by atomic mass is 9.46. The molecule has 0 aromatic carbocycles. The van der Waals surface area contributed by atoms with Crippen molar-refractivity contribution in [2.45, 2.75) is 71.9 Å². The summed E-state index contributed by atoms with van der Waals surface area (Å²) in [5.41, 5.74) is 0.699. The van der Waals surface area contributed by atoms with Crippen LogP contribution in [0.25, 0.3) is 0 Å². The number of ketones is 2. The normalized spacial score (nSPS) is 50.6. The predicted molar refractivity (Wildman–Crippen MR) is 91.2 cm³/mol. The Morgan fingerprint density at radius 2 is 1.92 bits per heavy atom. The summed E-state index contributed by atoms with van der Waals surface area (Å²) in [4.78, 5) is 24.0. The third-order valence-corrected chi connectivity index (χ3v) is 8.43. The molecule has 3 fully saturated rings. The first-order valence-electron chi connectivity index (χ1n) is 9.67. The molecule has 3 heteroatoms. The highest BCUT2D eigenvalue weighted by Gasteiger charge is 2.61. The molecule has 3 saturated carbocycles. The number of rotatable bonds is 1. The van der Waals surface area contributed by atoms with E-state index in [4.69, 9.17) is 0 Å². The maximum atomic E-state index is 15.1. The van der Waals surface area contributed by atoms with E-state index in [1.165, 1.54) is 0 Å². The van der Waals surface area contributed by atoms with Crippen LogP contribution in [0.2, 0.25) is 0 Å². The van der Waals surface area contributed by atoms with E-state index in [1.54, 1.807) is 13.0 Å². The van der Waals surface area contributed by atoms with Gasteiger partial charge in [0.05, 0.1) is 0 Å². The number of carbonyl (C=O) groups excluding carboxylic acids is 2. The van der Waals surface area contributed by atoms with Gasteiger partial charge in [-0.3, -0.25) is 9.59 Å². The van der Waals surface area contributed by atoms with E-state index >= 15 is 4.39 Å². The van der Waals surface area contributed by atoms with Gasteiger partial charge in [-0.05, 0) is 85.7 Å². The van der Waals surface area contributed by atoms with Gasteiger partial charge < -0.3 is 0 Å². The van der Waals surface area contributed by atoms with Gasteiger partial charge in [-0.15, -0.1) is 0 Å². The molecule has 4 aliphatic carbocycles. The molecule has 0 aromatic rings. The number of hydrogen-bond acceptors (Lipinski definition) is 2. The van der Waals surface area contributed by atoms with Gasteiger partial charge in [0.25, 0.3) is 0 Å². The summed E-state index contributed by atoms with van der Waals surface area (Å²) in [6.07, 6.45) is 6.80. The molecule has 24 heavy (non-hydrogen) atoms. The van der Waals surface area contributed by atoms with Gasteiger partial charge in [0.2, 0.25) is 0 Å². The zero-order valence-corrected chi connectivity index (χ0v) is 15.1. The van der Waals surface area contributed by atoms with E-state index in [2.05, 4.69) is 13.8 Å². The van der Waals surface area contributed by atoms with Crippen LogP contribution < -0.4 is 0 Å². The molecule has 132 valence electrons. The van der Waals surface area contributed by atoms with Crippen molar-refractivity contribution in [1.29, 1.82) is 0 Å². The molecule has 0 amide bonds. The maximum absolute atomic E-state index is 15.1. The minimum absolute atomic E-state index is 0.0643. The highest BCUT2D eigenvalue weighted by atomic mass is 19.1. The molecular formula is C21H29FO2. The summed E-state index contributed by atoms with van der Waals surface area (Å²) >= 11 is 0. The predicted octanol–water partition coefficient (Wildman–Crippen LogP) is 4.67. The maximum Gasteiger partial charge on any atom is 0.155 e. The number of alkyl halides is 1. The van der Waals surface area contributed by atoms with Crippen molar-refractivity contribution in [1.82, 2.24) is 0 Å². The second-order valence-corrected chi connectivity index (χ2v) is 9.35. The van der Waals surface area contributed by atoms with Crippen LogP contribution in [-0.2, 0) is 9.59 Å². The van der Waals surface area contributed by atoms with Gasteiger partial charge >= 0.3 is 0 Å². The van der Waals surface area contributed by atoms with E-state index in [0.717, 1.165) is 37.7 Å². The zero-order chi connectivity index (χ0) is 17.3. The summed E-state index contributed by atoms with van der Waals surface area (Å²) in [7, 11) is 0. The van der Waals surface area contributed by atoms with E-state index in [-0.39, 0.29) is 22.5 Å². The highest BCUT2D eigenvalue weighted by molar-refractivity contribution is 5.91. The zero-order valence-electron chi connectivity index (χ0n) is 15.1. The molecule has 0 bridgehead atoms. The Bertz CT molecular complexity index is 623. The van der Waals surface area contributed by atoms with Crippen LogP contribution in [0.15, 0.2) is 11.6 Å². The molecule has 0 heterocycles. The molecule has 0 radical (unpaired) electrons. The Labute approximate surface area is 144 Å². The van der Waals surface area contributed by atoms with Gasteiger partial charge in [0.1, 0.15) is 12.0 Å². The number of hydrogen-bond donors (Lipinski definition) is 0. The second-order valence-electron chi connectivity index (χ2n) is 9.35.